The highest BCUT2D eigenvalue weighted by molar-refractivity contribution is 5.92. The van der Waals surface area contributed by atoms with Crippen LogP contribution in [0, 0.1) is 17.0 Å². The fraction of sp³-hybridized carbons (Fsp3) is 0.0588. The highest BCUT2D eigenvalue weighted by atomic mass is 16.6. The van der Waals surface area contributed by atoms with E-state index in [1.807, 2.05) is 42.5 Å². The second-order valence-corrected chi connectivity index (χ2v) is 4.95. The van der Waals surface area contributed by atoms with Crippen LogP contribution in [0.25, 0.3) is 10.8 Å². The Balaban J connectivity index is 2.06. The molecule has 0 amide bonds. The third-order valence-electron chi connectivity index (χ3n) is 3.36. The Bertz CT molecular complexity index is 883. The number of fused-ring (bicyclic) bond motifs is 1. The standard InChI is InChI=1S/C17H13N3O2/c1-12-9-10-16(17(11-12)20(21)22)19-18-15-8-4-6-13-5-2-3-7-14(13)15/h2-11H,1H3. The molecule has 0 radical (unpaired) electrons. The van der Waals surface area contributed by atoms with Crippen LogP contribution in [0.1, 0.15) is 5.56 Å². The van der Waals surface area contributed by atoms with E-state index in [9.17, 15) is 10.1 Å². The second-order valence-electron chi connectivity index (χ2n) is 4.95. The van der Waals surface area contributed by atoms with Crippen LogP contribution in [0.3, 0.4) is 0 Å². The van der Waals surface area contributed by atoms with Gasteiger partial charge in [0, 0.05) is 11.5 Å². The zero-order chi connectivity index (χ0) is 15.5. The van der Waals surface area contributed by atoms with Gasteiger partial charge in [0.15, 0.2) is 5.69 Å². The molecule has 108 valence electrons. The highest BCUT2D eigenvalue weighted by Crippen LogP contribution is 2.32. The fourth-order valence-corrected chi connectivity index (χ4v) is 2.27. The molecule has 3 rings (SSSR count). The van der Waals surface area contributed by atoms with Crippen LogP contribution >= 0.6 is 0 Å². The molecule has 5 nitrogen and oxygen atoms in total. The van der Waals surface area contributed by atoms with Crippen molar-refractivity contribution >= 4 is 27.8 Å². The first-order valence-electron chi connectivity index (χ1n) is 6.80. The van der Waals surface area contributed by atoms with Crippen LogP contribution in [-0.2, 0) is 0 Å². The molecule has 0 unspecified atom stereocenters. The molecule has 0 N–H and O–H groups in total. The Morgan fingerprint density at radius 2 is 1.64 bits per heavy atom. The van der Waals surface area contributed by atoms with Crippen molar-refractivity contribution < 1.29 is 4.92 Å². The normalized spacial score (nSPS) is 11.1. The predicted octanol–water partition coefficient (Wildman–Crippen LogP) is 5.47. The maximum atomic E-state index is 11.1. The summed E-state index contributed by atoms with van der Waals surface area (Å²) in [5.74, 6) is 0. The van der Waals surface area contributed by atoms with Crippen LogP contribution in [0.2, 0.25) is 0 Å². The number of hydrogen-bond donors (Lipinski definition) is 0. The molecular weight excluding hydrogens is 278 g/mol. The lowest BCUT2D eigenvalue weighted by Gasteiger charge is -2.01. The third-order valence-corrected chi connectivity index (χ3v) is 3.36. The third kappa shape index (κ3) is 2.69. The molecule has 0 aliphatic rings. The summed E-state index contributed by atoms with van der Waals surface area (Å²) in [4.78, 5) is 10.7. The first-order valence-corrected chi connectivity index (χ1v) is 6.80. The molecule has 0 aliphatic heterocycles. The molecule has 5 heteroatoms. The zero-order valence-electron chi connectivity index (χ0n) is 11.9. The first kappa shape index (κ1) is 13.9. The number of nitro benzene ring substituents is 1. The van der Waals surface area contributed by atoms with Crippen molar-refractivity contribution in [3.8, 4) is 0 Å². The molecule has 0 bridgehead atoms. The number of hydrogen-bond acceptors (Lipinski definition) is 4. The molecule has 0 atom stereocenters. The molecule has 0 saturated carbocycles. The van der Waals surface area contributed by atoms with Gasteiger partial charge in [-0.2, -0.15) is 0 Å². The van der Waals surface area contributed by atoms with E-state index in [-0.39, 0.29) is 11.4 Å². The van der Waals surface area contributed by atoms with Gasteiger partial charge in [-0.1, -0.05) is 42.5 Å². The van der Waals surface area contributed by atoms with Crippen molar-refractivity contribution in [1.29, 1.82) is 0 Å². The Hall–Kier alpha value is -3.08. The smallest absolute Gasteiger partial charge is 0.258 e. The van der Waals surface area contributed by atoms with E-state index < -0.39 is 4.92 Å². The van der Waals surface area contributed by atoms with Gasteiger partial charge in [-0.05, 0) is 30.0 Å². The summed E-state index contributed by atoms with van der Waals surface area (Å²) in [5.41, 5.74) is 1.72. The number of nitrogens with zero attached hydrogens (tertiary/aromatic N) is 3. The monoisotopic (exact) mass is 291 g/mol. The van der Waals surface area contributed by atoms with Crippen molar-refractivity contribution in [2.75, 3.05) is 0 Å². The second kappa shape index (κ2) is 5.73. The van der Waals surface area contributed by atoms with Crippen LogP contribution < -0.4 is 0 Å². The topological polar surface area (TPSA) is 67.9 Å². The predicted molar refractivity (Wildman–Crippen MR) is 86.0 cm³/mol. The van der Waals surface area contributed by atoms with Gasteiger partial charge in [0.1, 0.15) is 0 Å². The van der Waals surface area contributed by atoms with Crippen molar-refractivity contribution in [1.82, 2.24) is 0 Å². The van der Waals surface area contributed by atoms with Gasteiger partial charge in [-0.25, -0.2) is 0 Å². The molecule has 0 fully saturated rings. The number of rotatable bonds is 3. The lowest BCUT2D eigenvalue weighted by molar-refractivity contribution is -0.384. The maximum Gasteiger partial charge on any atom is 0.296 e. The van der Waals surface area contributed by atoms with Crippen LogP contribution in [0.15, 0.2) is 70.9 Å². The van der Waals surface area contributed by atoms with E-state index in [2.05, 4.69) is 10.2 Å². The minimum Gasteiger partial charge on any atom is -0.258 e. The average molecular weight is 291 g/mol. The summed E-state index contributed by atoms with van der Waals surface area (Å²) in [6, 6.07) is 18.4. The Labute approximate surface area is 127 Å². The average Bonchev–Trinajstić information content (AvgIpc) is 2.53. The van der Waals surface area contributed by atoms with Gasteiger partial charge in [-0.15, -0.1) is 10.2 Å². The lowest BCUT2D eigenvalue weighted by atomic mass is 10.1. The van der Waals surface area contributed by atoms with Crippen molar-refractivity contribution in [3.63, 3.8) is 0 Å². The van der Waals surface area contributed by atoms with Gasteiger partial charge >= 0.3 is 0 Å². The maximum absolute atomic E-state index is 11.1. The molecule has 0 aromatic heterocycles. The van der Waals surface area contributed by atoms with Gasteiger partial charge in [0.25, 0.3) is 5.69 Å². The van der Waals surface area contributed by atoms with Gasteiger partial charge in [0.2, 0.25) is 0 Å². The van der Waals surface area contributed by atoms with Gasteiger partial charge in [-0.3, -0.25) is 10.1 Å². The molecule has 0 heterocycles. The molecule has 0 spiro atoms. The first-order chi connectivity index (χ1) is 10.6. The highest BCUT2D eigenvalue weighted by Gasteiger charge is 2.13. The quantitative estimate of drug-likeness (QED) is 0.364. The van der Waals surface area contributed by atoms with Crippen molar-refractivity contribution in [2.45, 2.75) is 6.92 Å². The number of nitro groups is 1. The molecule has 3 aromatic rings. The molecule has 22 heavy (non-hydrogen) atoms. The Morgan fingerprint density at radius 1 is 0.909 bits per heavy atom. The molecule has 0 saturated heterocycles. The van der Waals surface area contributed by atoms with Gasteiger partial charge < -0.3 is 0 Å². The van der Waals surface area contributed by atoms with E-state index in [4.69, 9.17) is 0 Å². The fourth-order valence-electron chi connectivity index (χ4n) is 2.27. The van der Waals surface area contributed by atoms with E-state index in [0.29, 0.717) is 5.69 Å². The summed E-state index contributed by atoms with van der Waals surface area (Å²) in [7, 11) is 0. The SMILES string of the molecule is Cc1ccc(N=Nc2cccc3ccccc23)c([N+](=O)[O-])c1. The van der Waals surface area contributed by atoms with Gasteiger partial charge in [0.05, 0.1) is 10.6 Å². The number of aryl methyl sites for hydroxylation is 1. The molecular formula is C17H13N3O2. The summed E-state index contributed by atoms with van der Waals surface area (Å²) in [6.07, 6.45) is 0. The van der Waals surface area contributed by atoms with Crippen LogP contribution in [-0.4, -0.2) is 4.92 Å². The number of azo groups is 1. The summed E-state index contributed by atoms with van der Waals surface area (Å²) >= 11 is 0. The van der Waals surface area contributed by atoms with E-state index in [1.165, 1.54) is 6.07 Å². The summed E-state index contributed by atoms with van der Waals surface area (Å²) in [5, 5.41) is 21.4. The largest absolute Gasteiger partial charge is 0.296 e. The van der Waals surface area contributed by atoms with E-state index >= 15 is 0 Å². The van der Waals surface area contributed by atoms with E-state index in [0.717, 1.165) is 16.3 Å². The van der Waals surface area contributed by atoms with Crippen LogP contribution in [0.5, 0.6) is 0 Å². The summed E-state index contributed by atoms with van der Waals surface area (Å²) in [6.45, 7) is 1.80. The Morgan fingerprint density at radius 3 is 2.45 bits per heavy atom. The van der Waals surface area contributed by atoms with Crippen LogP contribution in [0.4, 0.5) is 17.1 Å². The molecule has 3 aromatic carbocycles. The zero-order valence-corrected chi connectivity index (χ0v) is 11.9. The lowest BCUT2D eigenvalue weighted by Crippen LogP contribution is -1.88. The van der Waals surface area contributed by atoms with Crippen molar-refractivity contribution in [2.24, 2.45) is 10.2 Å². The summed E-state index contributed by atoms with van der Waals surface area (Å²) < 4.78 is 0. The molecule has 0 aliphatic carbocycles. The minimum atomic E-state index is -0.440. The minimum absolute atomic E-state index is 0.0380. The van der Waals surface area contributed by atoms with E-state index in [1.54, 1.807) is 19.1 Å². The number of benzene rings is 3. The Kier molecular flexibility index (Phi) is 3.62. The van der Waals surface area contributed by atoms with Crippen molar-refractivity contribution in [3.05, 3.63) is 76.3 Å².